The molecule has 2 aromatic rings. The van der Waals surface area contributed by atoms with Crippen LogP contribution in [0.15, 0.2) is 42.5 Å². The lowest BCUT2D eigenvalue weighted by Gasteiger charge is -2.25. The Bertz CT molecular complexity index is 793. The predicted molar refractivity (Wildman–Crippen MR) is 105 cm³/mol. The summed E-state index contributed by atoms with van der Waals surface area (Å²) >= 11 is 0. The highest BCUT2D eigenvalue weighted by Crippen LogP contribution is 2.22. The first-order chi connectivity index (χ1) is 12.7. The van der Waals surface area contributed by atoms with Crippen LogP contribution in [0.3, 0.4) is 0 Å². The highest BCUT2D eigenvalue weighted by Gasteiger charge is 2.26. The van der Waals surface area contributed by atoms with Gasteiger partial charge in [-0.05, 0) is 51.0 Å². The standard InChI is InChI=1S/C22H27NO4/c1-14-10-15(2)12-18(11-14)13-27-20-8-6-19(7-9-20)16(3)21(24)23(5)17(4)22(25)26/h6-12,16-17H,13H2,1-5H3,(H,25,26). The zero-order valence-electron chi connectivity index (χ0n) is 16.5. The van der Waals surface area contributed by atoms with Crippen LogP contribution in [0.4, 0.5) is 0 Å². The van der Waals surface area contributed by atoms with Crippen LogP contribution in [0.2, 0.25) is 0 Å². The number of carboxylic acids is 1. The summed E-state index contributed by atoms with van der Waals surface area (Å²) in [5.41, 5.74) is 4.35. The van der Waals surface area contributed by atoms with Gasteiger partial charge in [-0.15, -0.1) is 0 Å². The first-order valence-corrected chi connectivity index (χ1v) is 8.98. The van der Waals surface area contributed by atoms with Crippen molar-refractivity contribution in [3.8, 4) is 5.75 Å². The molecule has 1 amide bonds. The first-order valence-electron chi connectivity index (χ1n) is 8.98. The molecule has 5 heteroatoms. The molecule has 0 aliphatic carbocycles. The number of amides is 1. The summed E-state index contributed by atoms with van der Waals surface area (Å²) in [6, 6.07) is 12.8. The van der Waals surface area contributed by atoms with Crippen molar-refractivity contribution in [2.45, 2.75) is 46.3 Å². The number of likely N-dealkylation sites (N-methyl/N-ethyl adjacent to an activating group) is 1. The van der Waals surface area contributed by atoms with Crippen LogP contribution in [0.1, 0.15) is 42.0 Å². The molecule has 2 rings (SSSR count). The minimum absolute atomic E-state index is 0.228. The van der Waals surface area contributed by atoms with E-state index in [0.717, 1.165) is 16.9 Å². The third-order valence-corrected chi connectivity index (χ3v) is 4.72. The topological polar surface area (TPSA) is 66.8 Å². The Labute approximate surface area is 160 Å². The van der Waals surface area contributed by atoms with E-state index in [4.69, 9.17) is 9.84 Å². The molecule has 0 aliphatic rings. The van der Waals surface area contributed by atoms with E-state index < -0.39 is 17.9 Å². The second-order valence-electron chi connectivity index (χ2n) is 7.04. The van der Waals surface area contributed by atoms with Crippen molar-refractivity contribution in [1.82, 2.24) is 4.90 Å². The number of hydrogen-bond acceptors (Lipinski definition) is 3. The molecule has 0 fully saturated rings. The summed E-state index contributed by atoms with van der Waals surface area (Å²) in [6.45, 7) is 7.88. The number of carbonyl (C=O) groups is 2. The summed E-state index contributed by atoms with van der Waals surface area (Å²) in [5, 5.41) is 9.07. The van der Waals surface area contributed by atoms with Crippen molar-refractivity contribution >= 4 is 11.9 Å². The van der Waals surface area contributed by atoms with Gasteiger partial charge in [0, 0.05) is 7.05 Å². The Hall–Kier alpha value is -2.82. The largest absolute Gasteiger partial charge is 0.489 e. The minimum Gasteiger partial charge on any atom is -0.489 e. The van der Waals surface area contributed by atoms with Gasteiger partial charge in [-0.1, -0.05) is 41.5 Å². The zero-order valence-corrected chi connectivity index (χ0v) is 16.5. The highest BCUT2D eigenvalue weighted by atomic mass is 16.5. The van der Waals surface area contributed by atoms with Gasteiger partial charge >= 0.3 is 5.97 Å². The van der Waals surface area contributed by atoms with Crippen molar-refractivity contribution in [1.29, 1.82) is 0 Å². The van der Waals surface area contributed by atoms with Crippen LogP contribution in [-0.4, -0.2) is 35.0 Å². The summed E-state index contributed by atoms with van der Waals surface area (Å²) in [6.07, 6.45) is 0. The Morgan fingerprint density at radius 1 is 1.04 bits per heavy atom. The molecule has 0 aromatic heterocycles. The van der Waals surface area contributed by atoms with Gasteiger partial charge in [-0.2, -0.15) is 0 Å². The molecule has 0 bridgehead atoms. The van der Waals surface area contributed by atoms with Crippen LogP contribution in [-0.2, 0) is 16.2 Å². The van der Waals surface area contributed by atoms with Crippen LogP contribution in [0.25, 0.3) is 0 Å². The molecular weight excluding hydrogens is 342 g/mol. The van der Waals surface area contributed by atoms with E-state index >= 15 is 0 Å². The summed E-state index contributed by atoms with van der Waals surface area (Å²) < 4.78 is 5.84. The SMILES string of the molecule is Cc1cc(C)cc(COc2ccc(C(C)C(=O)N(C)C(C)C(=O)O)cc2)c1. The number of nitrogens with zero attached hydrogens (tertiary/aromatic N) is 1. The molecule has 0 aliphatic heterocycles. The van der Waals surface area contributed by atoms with Crippen LogP contribution < -0.4 is 4.74 Å². The zero-order chi connectivity index (χ0) is 20.1. The van der Waals surface area contributed by atoms with Crippen molar-refractivity contribution in [2.24, 2.45) is 0 Å². The Morgan fingerprint density at radius 2 is 1.59 bits per heavy atom. The molecule has 5 nitrogen and oxygen atoms in total. The molecule has 0 radical (unpaired) electrons. The molecule has 144 valence electrons. The number of aliphatic carboxylic acids is 1. The third kappa shape index (κ3) is 5.33. The number of ether oxygens (including phenoxy) is 1. The van der Waals surface area contributed by atoms with Crippen LogP contribution in [0.5, 0.6) is 5.75 Å². The lowest BCUT2D eigenvalue weighted by Crippen LogP contribution is -2.42. The molecule has 2 unspecified atom stereocenters. The fourth-order valence-electron chi connectivity index (χ4n) is 2.98. The Balaban J connectivity index is 2.01. The van der Waals surface area contributed by atoms with Gasteiger partial charge in [0.15, 0.2) is 0 Å². The molecule has 2 atom stereocenters. The minimum atomic E-state index is -1.02. The molecule has 27 heavy (non-hydrogen) atoms. The predicted octanol–water partition coefficient (Wildman–Crippen LogP) is 3.92. The van der Waals surface area contributed by atoms with Gasteiger partial charge in [0.05, 0.1) is 5.92 Å². The van der Waals surface area contributed by atoms with Gasteiger partial charge in [0.2, 0.25) is 5.91 Å². The van der Waals surface area contributed by atoms with Crippen molar-refractivity contribution in [2.75, 3.05) is 7.05 Å². The summed E-state index contributed by atoms with van der Waals surface area (Å²) in [5.74, 6) is -0.947. The average molecular weight is 369 g/mol. The lowest BCUT2D eigenvalue weighted by molar-refractivity contribution is -0.148. The van der Waals surface area contributed by atoms with Crippen molar-refractivity contribution in [3.05, 3.63) is 64.7 Å². The maximum absolute atomic E-state index is 12.5. The number of rotatable bonds is 7. The quantitative estimate of drug-likeness (QED) is 0.803. The number of benzene rings is 2. The number of aryl methyl sites for hydroxylation is 2. The molecular formula is C22H27NO4. The fraction of sp³-hybridized carbons (Fsp3) is 0.364. The van der Waals surface area contributed by atoms with E-state index in [1.807, 2.05) is 24.3 Å². The van der Waals surface area contributed by atoms with Gasteiger partial charge < -0.3 is 14.7 Å². The molecule has 1 N–H and O–H groups in total. The molecule has 0 saturated carbocycles. The van der Waals surface area contributed by atoms with E-state index in [2.05, 4.69) is 32.0 Å². The smallest absolute Gasteiger partial charge is 0.326 e. The summed E-state index contributed by atoms with van der Waals surface area (Å²) in [7, 11) is 1.51. The second-order valence-corrected chi connectivity index (χ2v) is 7.04. The van der Waals surface area contributed by atoms with E-state index in [1.165, 1.54) is 30.0 Å². The lowest BCUT2D eigenvalue weighted by atomic mass is 9.99. The van der Waals surface area contributed by atoms with E-state index in [1.54, 1.807) is 6.92 Å². The molecule has 0 saturated heterocycles. The Morgan fingerprint density at radius 3 is 2.11 bits per heavy atom. The Kier molecular flexibility index (Phi) is 6.61. The molecule has 0 heterocycles. The monoisotopic (exact) mass is 369 g/mol. The third-order valence-electron chi connectivity index (χ3n) is 4.72. The number of hydrogen-bond donors (Lipinski definition) is 1. The molecule has 2 aromatic carbocycles. The fourth-order valence-corrected chi connectivity index (χ4v) is 2.98. The molecule has 0 spiro atoms. The van der Waals surface area contributed by atoms with Gasteiger partial charge in [0.1, 0.15) is 18.4 Å². The highest BCUT2D eigenvalue weighted by molar-refractivity contribution is 5.87. The van der Waals surface area contributed by atoms with E-state index in [0.29, 0.717) is 6.61 Å². The maximum atomic E-state index is 12.5. The van der Waals surface area contributed by atoms with Crippen molar-refractivity contribution in [3.63, 3.8) is 0 Å². The number of carboxylic acid groups (broad SMARTS) is 1. The summed E-state index contributed by atoms with van der Waals surface area (Å²) in [4.78, 5) is 24.8. The first kappa shape index (κ1) is 20.5. The normalized spacial score (nSPS) is 12.9. The van der Waals surface area contributed by atoms with Crippen molar-refractivity contribution < 1.29 is 19.4 Å². The van der Waals surface area contributed by atoms with Crippen LogP contribution >= 0.6 is 0 Å². The number of carbonyl (C=O) groups excluding carboxylic acids is 1. The van der Waals surface area contributed by atoms with E-state index in [-0.39, 0.29) is 5.91 Å². The maximum Gasteiger partial charge on any atom is 0.326 e. The van der Waals surface area contributed by atoms with Crippen LogP contribution in [0, 0.1) is 13.8 Å². The second kappa shape index (κ2) is 8.71. The van der Waals surface area contributed by atoms with Gasteiger partial charge in [0.25, 0.3) is 0 Å². The van der Waals surface area contributed by atoms with Gasteiger partial charge in [-0.3, -0.25) is 4.79 Å². The van der Waals surface area contributed by atoms with E-state index in [9.17, 15) is 9.59 Å². The van der Waals surface area contributed by atoms with Gasteiger partial charge in [-0.25, -0.2) is 4.79 Å². The average Bonchev–Trinajstić information content (AvgIpc) is 2.63.